The number of imidazole rings is 1. The lowest BCUT2D eigenvalue weighted by atomic mass is 9.92. The number of nitrogens with zero attached hydrogens (tertiary/aromatic N) is 6. The lowest BCUT2D eigenvalue weighted by Crippen LogP contribution is -2.16. The number of nitrogens with one attached hydrogen (secondary N) is 1. The molecule has 3 aromatic heterocycles. The number of fused-ring (bicyclic) bond motifs is 1. The van der Waals surface area contributed by atoms with Gasteiger partial charge in [0.25, 0.3) is 0 Å². The summed E-state index contributed by atoms with van der Waals surface area (Å²) in [6.07, 6.45) is 5.96. The molecule has 8 heteroatoms. The second-order valence-electron chi connectivity index (χ2n) is 9.90. The molecule has 35 heavy (non-hydrogen) atoms. The maximum absolute atomic E-state index is 12.7. The zero-order chi connectivity index (χ0) is 24.7. The average Bonchev–Trinajstić information content (AvgIpc) is 3.52. The van der Waals surface area contributed by atoms with E-state index in [0.29, 0.717) is 5.82 Å². The van der Waals surface area contributed by atoms with Gasteiger partial charge in [0.1, 0.15) is 12.1 Å². The molecule has 0 saturated heterocycles. The Kier molecular flexibility index (Phi) is 5.51. The van der Waals surface area contributed by atoms with Crippen LogP contribution in [0, 0.1) is 0 Å². The Hall–Kier alpha value is -4.20. The van der Waals surface area contributed by atoms with Crippen LogP contribution in [0.15, 0.2) is 67.3 Å². The Morgan fingerprint density at radius 2 is 1.77 bits per heavy atom. The van der Waals surface area contributed by atoms with E-state index in [0.717, 1.165) is 39.1 Å². The molecule has 1 amide bonds. The normalized spacial score (nSPS) is 11.8. The van der Waals surface area contributed by atoms with Crippen molar-refractivity contribution in [3.8, 4) is 16.8 Å². The molecule has 0 atom stereocenters. The highest BCUT2D eigenvalue weighted by Gasteiger charge is 2.19. The minimum Gasteiger partial charge on any atom is -0.311 e. The van der Waals surface area contributed by atoms with Gasteiger partial charge in [-0.2, -0.15) is 10.2 Å². The molecule has 0 radical (unpaired) electrons. The Balaban J connectivity index is 1.30. The summed E-state index contributed by atoms with van der Waals surface area (Å²) in [6, 6.07) is 16.2. The van der Waals surface area contributed by atoms with Crippen LogP contribution in [0.3, 0.4) is 0 Å². The third kappa shape index (κ3) is 4.59. The molecule has 0 bridgehead atoms. The first-order valence-corrected chi connectivity index (χ1v) is 11.6. The van der Waals surface area contributed by atoms with Gasteiger partial charge in [-0.15, -0.1) is 0 Å². The molecule has 0 spiro atoms. The first kappa shape index (κ1) is 22.6. The van der Waals surface area contributed by atoms with Gasteiger partial charge in [0.15, 0.2) is 0 Å². The molecule has 1 N–H and O–H groups in total. The standard InChI is InChI=1S/C27H29N7O/c1-27(2,3)24-14-25(33(5)31-24)30-26(35)12-18-6-9-21(10-7-18)34-17-28-22-13-19(8-11-23(22)34)20-15-29-32(4)16-20/h6-11,13-17H,12H2,1-5H3,(H,30,35). The molecule has 0 unspecified atom stereocenters. The lowest BCUT2D eigenvalue weighted by Gasteiger charge is -2.13. The van der Waals surface area contributed by atoms with E-state index in [2.05, 4.69) is 64.0 Å². The fraction of sp³-hybridized carbons (Fsp3) is 0.259. The van der Waals surface area contributed by atoms with Gasteiger partial charge in [0, 0.05) is 43.0 Å². The molecule has 0 aliphatic carbocycles. The molecule has 3 heterocycles. The predicted octanol–water partition coefficient (Wildman–Crippen LogP) is 4.64. The van der Waals surface area contributed by atoms with Crippen LogP contribution in [0.2, 0.25) is 0 Å². The monoisotopic (exact) mass is 467 g/mol. The van der Waals surface area contributed by atoms with E-state index in [1.54, 1.807) is 9.36 Å². The molecule has 0 aliphatic rings. The first-order chi connectivity index (χ1) is 16.7. The maximum atomic E-state index is 12.7. The molecule has 178 valence electrons. The van der Waals surface area contributed by atoms with Crippen molar-refractivity contribution >= 4 is 22.8 Å². The molecular formula is C27H29N7O. The lowest BCUT2D eigenvalue weighted by molar-refractivity contribution is -0.115. The Morgan fingerprint density at radius 1 is 1.00 bits per heavy atom. The second kappa shape index (κ2) is 8.54. The smallest absolute Gasteiger partial charge is 0.229 e. The number of anilines is 1. The van der Waals surface area contributed by atoms with Gasteiger partial charge in [-0.25, -0.2) is 4.98 Å². The van der Waals surface area contributed by atoms with Gasteiger partial charge in [-0.3, -0.25) is 18.7 Å². The van der Waals surface area contributed by atoms with Crippen molar-refractivity contribution in [2.75, 3.05) is 5.32 Å². The van der Waals surface area contributed by atoms with E-state index in [9.17, 15) is 4.79 Å². The van der Waals surface area contributed by atoms with Gasteiger partial charge >= 0.3 is 0 Å². The molecule has 0 saturated carbocycles. The van der Waals surface area contributed by atoms with Gasteiger partial charge < -0.3 is 5.32 Å². The number of hydrogen-bond donors (Lipinski definition) is 1. The van der Waals surface area contributed by atoms with Crippen LogP contribution in [0.5, 0.6) is 0 Å². The van der Waals surface area contributed by atoms with Crippen molar-refractivity contribution in [1.82, 2.24) is 29.1 Å². The van der Waals surface area contributed by atoms with Crippen LogP contribution in [-0.4, -0.2) is 35.0 Å². The summed E-state index contributed by atoms with van der Waals surface area (Å²) in [5.41, 5.74) is 6.89. The van der Waals surface area contributed by atoms with E-state index in [-0.39, 0.29) is 17.7 Å². The fourth-order valence-corrected chi connectivity index (χ4v) is 4.07. The van der Waals surface area contributed by atoms with Crippen molar-refractivity contribution in [3.05, 3.63) is 78.5 Å². The van der Waals surface area contributed by atoms with Crippen LogP contribution in [0.25, 0.3) is 27.8 Å². The van der Waals surface area contributed by atoms with Crippen molar-refractivity contribution in [1.29, 1.82) is 0 Å². The van der Waals surface area contributed by atoms with E-state index >= 15 is 0 Å². The highest BCUT2D eigenvalue weighted by Crippen LogP contribution is 2.26. The summed E-state index contributed by atoms with van der Waals surface area (Å²) in [6.45, 7) is 6.31. The third-order valence-electron chi connectivity index (χ3n) is 6.08. The summed E-state index contributed by atoms with van der Waals surface area (Å²) >= 11 is 0. The van der Waals surface area contributed by atoms with Crippen molar-refractivity contribution < 1.29 is 4.79 Å². The maximum Gasteiger partial charge on any atom is 0.229 e. The number of benzene rings is 2. The van der Waals surface area contributed by atoms with Gasteiger partial charge in [0.05, 0.1) is 29.3 Å². The highest BCUT2D eigenvalue weighted by atomic mass is 16.1. The molecule has 5 rings (SSSR count). The molecule has 0 aliphatic heterocycles. The average molecular weight is 468 g/mol. The first-order valence-electron chi connectivity index (χ1n) is 11.6. The number of amides is 1. The predicted molar refractivity (Wildman–Crippen MR) is 138 cm³/mol. The second-order valence-corrected chi connectivity index (χ2v) is 9.90. The van der Waals surface area contributed by atoms with Crippen molar-refractivity contribution in [3.63, 3.8) is 0 Å². The fourth-order valence-electron chi connectivity index (χ4n) is 4.07. The van der Waals surface area contributed by atoms with Gasteiger partial charge in [0.2, 0.25) is 5.91 Å². The zero-order valence-corrected chi connectivity index (χ0v) is 20.6. The largest absolute Gasteiger partial charge is 0.311 e. The number of aryl methyl sites for hydroxylation is 2. The van der Waals surface area contributed by atoms with Crippen molar-refractivity contribution in [2.24, 2.45) is 14.1 Å². The van der Waals surface area contributed by atoms with E-state index in [1.807, 2.05) is 63.1 Å². The van der Waals surface area contributed by atoms with Gasteiger partial charge in [-0.05, 0) is 35.4 Å². The Labute approximate surface area is 204 Å². The minimum absolute atomic E-state index is 0.0720. The molecule has 5 aromatic rings. The van der Waals surface area contributed by atoms with Crippen LogP contribution >= 0.6 is 0 Å². The van der Waals surface area contributed by atoms with Gasteiger partial charge in [-0.1, -0.05) is 39.0 Å². The van der Waals surface area contributed by atoms with E-state index in [1.165, 1.54) is 0 Å². The van der Waals surface area contributed by atoms with E-state index < -0.39 is 0 Å². The summed E-state index contributed by atoms with van der Waals surface area (Å²) in [4.78, 5) is 17.3. The van der Waals surface area contributed by atoms with Crippen LogP contribution in [-0.2, 0) is 30.7 Å². The SMILES string of the molecule is Cn1cc(-c2ccc3c(c2)ncn3-c2ccc(CC(=O)Nc3cc(C(C)(C)C)nn3C)cc2)cn1. The molecular weight excluding hydrogens is 438 g/mol. The number of rotatable bonds is 5. The Morgan fingerprint density at radius 3 is 2.43 bits per heavy atom. The number of hydrogen-bond acceptors (Lipinski definition) is 4. The highest BCUT2D eigenvalue weighted by molar-refractivity contribution is 5.91. The summed E-state index contributed by atoms with van der Waals surface area (Å²) < 4.78 is 5.56. The zero-order valence-electron chi connectivity index (χ0n) is 20.6. The van der Waals surface area contributed by atoms with Crippen LogP contribution in [0.4, 0.5) is 5.82 Å². The third-order valence-corrected chi connectivity index (χ3v) is 6.08. The number of carbonyl (C=O) groups is 1. The Bertz CT molecular complexity index is 1510. The molecule has 8 nitrogen and oxygen atoms in total. The molecule has 0 fully saturated rings. The molecule has 2 aromatic carbocycles. The number of aromatic nitrogens is 6. The topological polar surface area (TPSA) is 82.6 Å². The van der Waals surface area contributed by atoms with E-state index in [4.69, 9.17) is 0 Å². The van der Waals surface area contributed by atoms with Crippen LogP contribution in [0.1, 0.15) is 32.0 Å². The summed E-state index contributed by atoms with van der Waals surface area (Å²) in [5.74, 6) is 0.629. The van der Waals surface area contributed by atoms with Crippen LogP contribution < -0.4 is 5.32 Å². The minimum atomic E-state index is -0.0750. The quantitative estimate of drug-likeness (QED) is 0.408. The van der Waals surface area contributed by atoms with Crippen molar-refractivity contribution in [2.45, 2.75) is 32.6 Å². The number of carbonyl (C=O) groups excluding carboxylic acids is 1. The summed E-state index contributed by atoms with van der Waals surface area (Å²) in [7, 11) is 3.75. The summed E-state index contributed by atoms with van der Waals surface area (Å²) in [5, 5.41) is 11.7.